The number of thiol groups is 1. The van der Waals surface area contributed by atoms with Crippen molar-refractivity contribution in [3.8, 4) is 5.69 Å². The molecule has 0 spiro atoms. The molecule has 2 radical (unpaired) electrons. The molecule has 1 aliphatic rings. The number of hydrogen-bond acceptors (Lipinski definition) is 5. The third kappa shape index (κ3) is 2.10. The number of hydrogen-bond donors (Lipinski definition) is 2. The Hall–Kier alpha value is -1.89. The van der Waals surface area contributed by atoms with Crippen LogP contribution in [0.5, 0.6) is 0 Å². The highest BCUT2D eigenvalue weighted by atomic mass is 32.1. The quantitative estimate of drug-likeness (QED) is 0.599. The topological polar surface area (TPSA) is 45.5 Å². The number of imidazole rings is 1. The van der Waals surface area contributed by atoms with E-state index in [9.17, 15) is 0 Å². The molecule has 5 nitrogen and oxygen atoms in total. The van der Waals surface area contributed by atoms with E-state index >= 15 is 0 Å². The summed E-state index contributed by atoms with van der Waals surface area (Å²) in [6.07, 6.45) is 3.62. The summed E-state index contributed by atoms with van der Waals surface area (Å²) in [5, 5.41) is 4.25. The Labute approximate surface area is 118 Å². The molecule has 19 heavy (non-hydrogen) atoms. The Kier molecular flexibility index (Phi) is 2.98. The average Bonchev–Trinajstić information content (AvgIpc) is 2.98. The van der Waals surface area contributed by atoms with E-state index in [2.05, 4.69) is 28.1 Å². The largest absolute Gasteiger partial charge is 0.325 e. The molecule has 94 valence electrons. The molecule has 2 aromatic rings. The van der Waals surface area contributed by atoms with E-state index in [1.165, 1.54) is 0 Å². The van der Waals surface area contributed by atoms with Gasteiger partial charge in [0.15, 0.2) is 17.2 Å². The maximum atomic E-state index is 5.82. The predicted octanol–water partition coefficient (Wildman–Crippen LogP) is 0.0761. The van der Waals surface area contributed by atoms with Gasteiger partial charge in [-0.2, -0.15) is 5.10 Å². The van der Waals surface area contributed by atoms with Gasteiger partial charge < -0.3 is 4.90 Å². The second kappa shape index (κ2) is 4.66. The van der Waals surface area contributed by atoms with Crippen LogP contribution in [0.15, 0.2) is 41.8 Å². The molecule has 3 rings (SSSR count). The van der Waals surface area contributed by atoms with Crippen molar-refractivity contribution < 1.29 is 0 Å². The minimum absolute atomic E-state index is 0.138. The molecular formula is C12H12BN5S. The van der Waals surface area contributed by atoms with E-state index in [4.69, 9.17) is 7.85 Å². The first-order valence-electron chi connectivity index (χ1n) is 5.80. The first kappa shape index (κ1) is 12.2. The minimum Gasteiger partial charge on any atom is -0.325 e. The summed E-state index contributed by atoms with van der Waals surface area (Å²) < 4.78 is 1.94. The summed E-state index contributed by atoms with van der Waals surface area (Å²) in [4.78, 5) is 6.28. The molecule has 2 heterocycles. The molecule has 1 aromatic carbocycles. The second-order valence-electron chi connectivity index (χ2n) is 4.26. The molecule has 0 bridgehead atoms. The number of hydrazone groups is 1. The lowest BCUT2D eigenvalue weighted by Gasteiger charge is -2.18. The van der Waals surface area contributed by atoms with Crippen molar-refractivity contribution in [3.05, 3.63) is 42.5 Å². The zero-order valence-electron chi connectivity index (χ0n) is 10.4. The molecule has 0 amide bonds. The molecule has 1 N–H and O–H groups in total. The fourth-order valence-corrected chi connectivity index (χ4v) is 2.13. The van der Waals surface area contributed by atoms with Crippen LogP contribution in [0.3, 0.4) is 0 Å². The lowest BCUT2D eigenvalue weighted by Crippen LogP contribution is -2.34. The standard InChI is InChI=1S/C12H12BN5S/c1-17-11(15-16-12(17)19)10-14-5-6-18(10)9-4-2-3-8(13)7-9/h2-7,12,16,19H,1H3. The van der Waals surface area contributed by atoms with Crippen LogP contribution in [0.1, 0.15) is 5.82 Å². The van der Waals surface area contributed by atoms with Crippen LogP contribution in [0.2, 0.25) is 0 Å². The summed E-state index contributed by atoms with van der Waals surface area (Å²) in [6, 6.07) is 7.63. The number of benzene rings is 1. The van der Waals surface area contributed by atoms with Gasteiger partial charge in [0, 0.05) is 25.1 Å². The van der Waals surface area contributed by atoms with E-state index in [1.807, 2.05) is 47.0 Å². The maximum Gasteiger partial charge on any atom is 0.194 e. The molecule has 0 saturated heterocycles. The fourth-order valence-electron chi connectivity index (χ4n) is 1.96. The maximum absolute atomic E-state index is 5.82. The van der Waals surface area contributed by atoms with E-state index < -0.39 is 0 Å². The molecule has 0 saturated carbocycles. The van der Waals surface area contributed by atoms with Gasteiger partial charge >= 0.3 is 0 Å². The van der Waals surface area contributed by atoms with Gasteiger partial charge in [-0.25, -0.2) is 4.98 Å². The highest BCUT2D eigenvalue weighted by molar-refractivity contribution is 7.80. The van der Waals surface area contributed by atoms with Gasteiger partial charge in [-0.3, -0.25) is 9.99 Å². The summed E-state index contributed by atoms with van der Waals surface area (Å²) in [5.41, 5.74) is 4.42. The Morgan fingerprint density at radius 1 is 1.42 bits per heavy atom. The molecule has 0 fully saturated rings. The van der Waals surface area contributed by atoms with Gasteiger partial charge in [-0.05, 0) is 12.1 Å². The Morgan fingerprint density at radius 3 is 2.95 bits per heavy atom. The lowest BCUT2D eigenvalue weighted by molar-refractivity contribution is 0.466. The molecule has 1 aliphatic heterocycles. The first-order chi connectivity index (χ1) is 9.16. The molecular weight excluding hydrogens is 257 g/mol. The summed E-state index contributed by atoms with van der Waals surface area (Å²) in [5.74, 6) is 1.49. The van der Waals surface area contributed by atoms with Crippen LogP contribution in [-0.4, -0.2) is 40.7 Å². The van der Waals surface area contributed by atoms with Crippen molar-refractivity contribution in [1.29, 1.82) is 0 Å². The molecule has 1 atom stereocenters. The first-order valence-corrected chi connectivity index (χ1v) is 6.32. The van der Waals surface area contributed by atoms with Crippen LogP contribution in [0.25, 0.3) is 5.69 Å². The molecule has 1 unspecified atom stereocenters. The van der Waals surface area contributed by atoms with Crippen LogP contribution >= 0.6 is 12.6 Å². The van der Waals surface area contributed by atoms with Gasteiger partial charge in [-0.1, -0.05) is 17.6 Å². The van der Waals surface area contributed by atoms with Crippen molar-refractivity contribution in [2.24, 2.45) is 5.10 Å². The lowest BCUT2D eigenvalue weighted by atomic mass is 9.96. The third-order valence-electron chi connectivity index (χ3n) is 2.98. The van der Waals surface area contributed by atoms with E-state index in [0.29, 0.717) is 5.46 Å². The van der Waals surface area contributed by atoms with Crippen LogP contribution < -0.4 is 10.9 Å². The van der Waals surface area contributed by atoms with E-state index in [1.54, 1.807) is 6.20 Å². The molecule has 7 heteroatoms. The van der Waals surface area contributed by atoms with Gasteiger partial charge in [0.1, 0.15) is 7.85 Å². The minimum atomic E-state index is -0.138. The van der Waals surface area contributed by atoms with Crippen molar-refractivity contribution in [2.75, 3.05) is 7.05 Å². The number of nitrogens with zero attached hydrogens (tertiary/aromatic N) is 4. The van der Waals surface area contributed by atoms with Crippen molar-refractivity contribution >= 4 is 31.8 Å². The van der Waals surface area contributed by atoms with Gasteiger partial charge in [0.05, 0.1) is 0 Å². The van der Waals surface area contributed by atoms with Gasteiger partial charge in [-0.15, -0.1) is 12.6 Å². The van der Waals surface area contributed by atoms with Crippen molar-refractivity contribution in [3.63, 3.8) is 0 Å². The van der Waals surface area contributed by atoms with Gasteiger partial charge in [0.25, 0.3) is 0 Å². The highest BCUT2D eigenvalue weighted by Gasteiger charge is 2.25. The fraction of sp³-hybridized carbons (Fsp3) is 0.167. The molecule has 1 aromatic heterocycles. The summed E-state index contributed by atoms with van der Waals surface area (Å²) >= 11 is 4.36. The monoisotopic (exact) mass is 269 g/mol. The molecule has 0 aliphatic carbocycles. The predicted molar refractivity (Wildman–Crippen MR) is 79.2 cm³/mol. The Morgan fingerprint density at radius 2 is 2.26 bits per heavy atom. The van der Waals surface area contributed by atoms with Crippen molar-refractivity contribution in [2.45, 2.75) is 5.50 Å². The van der Waals surface area contributed by atoms with E-state index in [-0.39, 0.29) is 5.50 Å². The number of aromatic nitrogens is 2. The van der Waals surface area contributed by atoms with Crippen LogP contribution in [0, 0.1) is 0 Å². The average molecular weight is 269 g/mol. The Balaban J connectivity index is 2.04. The third-order valence-corrected chi connectivity index (χ3v) is 3.44. The highest BCUT2D eigenvalue weighted by Crippen LogP contribution is 2.15. The number of nitrogens with one attached hydrogen (secondary N) is 1. The SMILES string of the molecule is [B]c1cccc(-n2ccnc2C2=NNC(S)N2C)c1. The number of amidine groups is 1. The van der Waals surface area contributed by atoms with Crippen LogP contribution in [-0.2, 0) is 0 Å². The number of rotatable bonds is 2. The van der Waals surface area contributed by atoms with Crippen LogP contribution in [0.4, 0.5) is 0 Å². The van der Waals surface area contributed by atoms with E-state index in [0.717, 1.165) is 17.3 Å². The Bertz CT molecular complexity index is 639. The van der Waals surface area contributed by atoms with Crippen molar-refractivity contribution in [1.82, 2.24) is 19.9 Å². The summed E-state index contributed by atoms with van der Waals surface area (Å²) in [7, 11) is 7.73. The smallest absolute Gasteiger partial charge is 0.194 e. The zero-order chi connectivity index (χ0) is 13.4. The zero-order valence-corrected chi connectivity index (χ0v) is 11.2. The summed E-state index contributed by atoms with van der Waals surface area (Å²) in [6.45, 7) is 0. The normalized spacial score (nSPS) is 18.3. The second-order valence-corrected chi connectivity index (χ2v) is 4.75. The van der Waals surface area contributed by atoms with Gasteiger partial charge in [0.2, 0.25) is 0 Å².